The first-order valence-corrected chi connectivity index (χ1v) is 6.51. The van der Waals surface area contributed by atoms with E-state index in [1.807, 2.05) is 12.7 Å². The molecular formula is C12H20N4. The number of piperidine rings is 1. The van der Waals surface area contributed by atoms with E-state index >= 15 is 0 Å². The molecule has 0 bridgehead atoms. The molecule has 0 N–H and O–H groups in total. The minimum absolute atomic E-state index is 0.641. The van der Waals surface area contributed by atoms with Crippen LogP contribution in [0.15, 0.2) is 12.7 Å². The molecular weight excluding hydrogens is 200 g/mol. The van der Waals surface area contributed by atoms with Crippen LogP contribution in [0.4, 0.5) is 0 Å². The second-order valence-corrected chi connectivity index (χ2v) is 5.13. The second-order valence-electron chi connectivity index (χ2n) is 5.13. The summed E-state index contributed by atoms with van der Waals surface area (Å²) in [5.74, 6) is 0. The van der Waals surface area contributed by atoms with Crippen molar-refractivity contribution >= 4 is 0 Å². The van der Waals surface area contributed by atoms with Gasteiger partial charge in [0.15, 0.2) is 0 Å². The molecule has 1 unspecified atom stereocenters. The number of likely N-dealkylation sites (tertiary alicyclic amines) is 1. The number of hydrogen-bond donors (Lipinski definition) is 0. The largest absolute Gasteiger partial charge is 0.317 e. The van der Waals surface area contributed by atoms with Crippen molar-refractivity contribution in [1.82, 2.24) is 19.7 Å². The zero-order valence-electron chi connectivity index (χ0n) is 9.76. The minimum Gasteiger partial charge on any atom is -0.317 e. The van der Waals surface area contributed by atoms with E-state index in [0.29, 0.717) is 6.04 Å². The van der Waals surface area contributed by atoms with Crippen LogP contribution in [0.5, 0.6) is 0 Å². The number of hydrogen-bond acceptors (Lipinski definition) is 3. The first-order chi connectivity index (χ1) is 7.93. The molecule has 2 aliphatic rings. The SMILES string of the molecule is c1nncn1[C@@H]1CCC(N2CCCCC2)C1. The molecule has 2 fully saturated rings. The Kier molecular flexibility index (Phi) is 2.91. The highest BCUT2D eigenvalue weighted by molar-refractivity contribution is 4.88. The lowest BCUT2D eigenvalue weighted by atomic mass is 10.1. The molecule has 1 saturated carbocycles. The summed E-state index contributed by atoms with van der Waals surface area (Å²) in [6, 6.07) is 1.45. The quantitative estimate of drug-likeness (QED) is 0.763. The molecule has 0 radical (unpaired) electrons. The van der Waals surface area contributed by atoms with Gasteiger partial charge in [0.05, 0.1) is 0 Å². The second kappa shape index (κ2) is 4.53. The van der Waals surface area contributed by atoms with Crippen LogP contribution in [0.2, 0.25) is 0 Å². The van der Waals surface area contributed by atoms with Crippen LogP contribution in [-0.2, 0) is 0 Å². The molecule has 2 heterocycles. The van der Waals surface area contributed by atoms with Gasteiger partial charge in [0, 0.05) is 12.1 Å². The molecule has 0 amide bonds. The molecule has 3 rings (SSSR count). The fourth-order valence-electron chi connectivity index (χ4n) is 3.22. The van der Waals surface area contributed by atoms with E-state index in [4.69, 9.17) is 0 Å². The van der Waals surface area contributed by atoms with Gasteiger partial charge in [-0.25, -0.2) is 0 Å². The highest BCUT2D eigenvalue weighted by atomic mass is 15.3. The molecule has 1 aromatic rings. The predicted molar refractivity (Wildman–Crippen MR) is 62.1 cm³/mol. The monoisotopic (exact) mass is 220 g/mol. The lowest BCUT2D eigenvalue weighted by Gasteiger charge is -2.32. The summed E-state index contributed by atoms with van der Waals surface area (Å²) >= 11 is 0. The van der Waals surface area contributed by atoms with E-state index in [-0.39, 0.29) is 0 Å². The Morgan fingerprint density at radius 3 is 2.31 bits per heavy atom. The van der Waals surface area contributed by atoms with Crippen molar-refractivity contribution < 1.29 is 0 Å². The van der Waals surface area contributed by atoms with Gasteiger partial charge < -0.3 is 9.47 Å². The van der Waals surface area contributed by atoms with Gasteiger partial charge >= 0.3 is 0 Å². The Labute approximate surface area is 96.7 Å². The van der Waals surface area contributed by atoms with Gasteiger partial charge in [-0.05, 0) is 45.2 Å². The molecule has 1 aliphatic carbocycles. The van der Waals surface area contributed by atoms with Crippen LogP contribution in [0, 0.1) is 0 Å². The topological polar surface area (TPSA) is 34.0 Å². The van der Waals surface area contributed by atoms with E-state index in [9.17, 15) is 0 Å². The summed E-state index contributed by atoms with van der Waals surface area (Å²) < 4.78 is 2.18. The van der Waals surface area contributed by atoms with Gasteiger partial charge in [0.1, 0.15) is 12.7 Å². The average Bonchev–Trinajstić information content (AvgIpc) is 3.01. The van der Waals surface area contributed by atoms with Crippen LogP contribution in [-0.4, -0.2) is 38.8 Å². The zero-order chi connectivity index (χ0) is 10.8. The highest BCUT2D eigenvalue weighted by Crippen LogP contribution is 2.33. The Morgan fingerprint density at radius 2 is 1.56 bits per heavy atom. The smallest absolute Gasteiger partial charge is 0.119 e. The molecule has 0 aromatic carbocycles. The summed E-state index contributed by atoms with van der Waals surface area (Å²) in [4.78, 5) is 2.70. The lowest BCUT2D eigenvalue weighted by Crippen LogP contribution is -2.37. The van der Waals surface area contributed by atoms with Gasteiger partial charge in [-0.1, -0.05) is 6.42 Å². The summed E-state index contributed by atoms with van der Waals surface area (Å²) in [7, 11) is 0. The molecule has 2 atom stereocenters. The fraction of sp³-hybridized carbons (Fsp3) is 0.833. The number of rotatable bonds is 2. The third-order valence-corrected chi connectivity index (χ3v) is 4.14. The first kappa shape index (κ1) is 10.3. The lowest BCUT2D eigenvalue weighted by molar-refractivity contribution is 0.162. The van der Waals surface area contributed by atoms with Crippen LogP contribution < -0.4 is 0 Å². The Hall–Kier alpha value is -0.900. The standard InChI is InChI=1S/C12H20N4/c1-2-6-15(7-3-1)11-4-5-12(8-11)16-9-13-14-10-16/h9-12H,1-8H2/t11?,12-/m1/s1. The van der Waals surface area contributed by atoms with Gasteiger partial charge in [-0.15, -0.1) is 10.2 Å². The van der Waals surface area contributed by atoms with Crippen LogP contribution >= 0.6 is 0 Å². The maximum atomic E-state index is 3.90. The number of aromatic nitrogens is 3. The molecule has 4 heteroatoms. The summed E-state index contributed by atoms with van der Waals surface area (Å²) in [6.45, 7) is 2.64. The zero-order valence-corrected chi connectivity index (χ0v) is 9.76. The highest BCUT2D eigenvalue weighted by Gasteiger charge is 2.30. The molecule has 0 spiro atoms. The van der Waals surface area contributed by atoms with Crippen molar-refractivity contribution in [3.8, 4) is 0 Å². The molecule has 4 nitrogen and oxygen atoms in total. The third kappa shape index (κ3) is 1.98. The maximum absolute atomic E-state index is 3.90. The van der Waals surface area contributed by atoms with Gasteiger partial charge in [0.2, 0.25) is 0 Å². The number of nitrogens with zero attached hydrogens (tertiary/aromatic N) is 4. The van der Waals surface area contributed by atoms with Crippen molar-refractivity contribution in [1.29, 1.82) is 0 Å². The van der Waals surface area contributed by atoms with Crippen LogP contribution in [0.1, 0.15) is 44.6 Å². The first-order valence-electron chi connectivity index (χ1n) is 6.51. The summed E-state index contributed by atoms with van der Waals surface area (Å²) in [5.41, 5.74) is 0. The van der Waals surface area contributed by atoms with Crippen molar-refractivity contribution in [2.24, 2.45) is 0 Å². The maximum Gasteiger partial charge on any atom is 0.119 e. The van der Waals surface area contributed by atoms with Crippen molar-refractivity contribution in [2.45, 2.75) is 50.6 Å². The third-order valence-electron chi connectivity index (χ3n) is 4.14. The molecule has 1 aromatic heterocycles. The van der Waals surface area contributed by atoms with E-state index in [1.54, 1.807) is 0 Å². The van der Waals surface area contributed by atoms with E-state index < -0.39 is 0 Å². The molecule has 1 saturated heterocycles. The molecule has 1 aliphatic heterocycles. The minimum atomic E-state index is 0.641. The Bertz CT molecular complexity index is 316. The van der Waals surface area contributed by atoms with E-state index in [2.05, 4.69) is 19.7 Å². The van der Waals surface area contributed by atoms with E-state index in [1.165, 1.54) is 51.6 Å². The summed E-state index contributed by atoms with van der Waals surface area (Å²) in [6.07, 6.45) is 11.9. The van der Waals surface area contributed by atoms with Crippen molar-refractivity contribution in [2.75, 3.05) is 13.1 Å². The van der Waals surface area contributed by atoms with Gasteiger partial charge in [0.25, 0.3) is 0 Å². The van der Waals surface area contributed by atoms with Crippen molar-refractivity contribution in [3.63, 3.8) is 0 Å². The fourth-order valence-corrected chi connectivity index (χ4v) is 3.22. The van der Waals surface area contributed by atoms with Gasteiger partial charge in [-0.3, -0.25) is 0 Å². The Morgan fingerprint density at radius 1 is 0.875 bits per heavy atom. The summed E-state index contributed by atoms with van der Waals surface area (Å²) in [5, 5.41) is 7.81. The Balaban J connectivity index is 1.60. The molecule has 88 valence electrons. The predicted octanol–water partition coefficient (Wildman–Crippen LogP) is 1.86. The van der Waals surface area contributed by atoms with Crippen LogP contribution in [0.25, 0.3) is 0 Å². The average molecular weight is 220 g/mol. The van der Waals surface area contributed by atoms with Crippen molar-refractivity contribution in [3.05, 3.63) is 12.7 Å². The van der Waals surface area contributed by atoms with E-state index in [0.717, 1.165) is 6.04 Å². The molecule has 16 heavy (non-hydrogen) atoms. The van der Waals surface area contributed by atoms with Crippen LogP contribution in [0.3, 0.4) is 0 Å². The van der Waals surface area contributed by atoms with Gasteiger partial charge in [-0.2, -0.15) is 0 Å². The normalized spacial score (nSPS) is 32.0.